The zero-order valence-electron chi connectivity index (χ0n) is 13.3. The van der Waals surface area contributed by atoms with Crippen LogP contribution in [0, 0.1) is 0 Å². The first-order valence-electron chi connectivity index (χ1n) is 7.83. The third kappa shape index (κ3) is 5.51. The fourth-order valence-corrected chi connectivity index (χ4v) is 2.41. The molecule has 1 atom stereocenters. The van der Waals surface area contributed by atoms with Gasteiger partial charge in [0.1, 0.15) is 5.75 Å². The zero-order valence-corrected chi connectivity index (χ0v) is 13.3. The zero-order chi connectivity index (χ0) is 14.8. The molecule has 3 heteroatoms. The van der Waals surface area contributed by atoms with Gasteiger partial charge < -0.3 is 15.4 Å². The summed E-state index contributed by atoms with van der Waals surface area (Å²) >= 11 is 0. The lowest BCUT2D eigenvalue weighted by atomic mass is 10.1. The molecule has 114 valence electrons. The largest absolute Gasteiger partial charge is 0.496 e. The minimum Gasteiger partial charge on any atom is -0.496 e. The molecule has 0 radical (unpaired) electrons. The average Bonchev–Trinajstić information content (AvgIpc) is 2.49. The van der Waals surface area contributed by atoms with Crippen molar-refractivity contribution in [2.75, 3.05) is 26.7 Å². The van der Waals surface area contributed by atoms with Crippen LogP contribution in [-0.4, -0.2) is 31.6 Å². The molecule has 0 spiro atoms. The van der Waals surface area contributed by atoms with Crippen LogP contribution in [0.2, 0.25) is 0 Å². The average molecular weight is 278 g/mol. The first-order valence-corrected chi connectivity index (χ1v) is 7.83. The predicted molar refractivity (Wildman–Crippen MR) is 86.2 cm³/mol. The van der Waals surface area contributed by atoms with Crippen LogP contribution in [0.5, 0.6) is 5.75 Å². The van der Waals surface area contributed by atoms with Crippen molar-refractivity contribution in [2.45, 2.75) is 45.6 Å². The summed E-state index contributed by atoms with van der Waals surface area (Å²) in [6, 6.07) is 8.08. The van der Waals surface area contributed by atoms with Gasteiger partial charge in [-0.15, -0.1) is 0 Å². The van der Waals surface area contributed by atoms with E-state index < -0.39 is 0 Å². The number of para-hydroxylation sites is 1. The van der Waals surface area contributed by atoms with Crippen LogP contribution >= 0.6 is 0 Å². The molecule has 0 saturated carbocycles. The molecule has 2 N–H and O–H groups in total. The quantitative estimate of drug-likeness (QED) is 0.710. The van der Waals surface area contributed by atoms with Gasteiger partial charge >= 0.3 is 0 Å². The van der Waals surface area contributed by atoms with Crippen LogP contribution in [0.25, 0.3) is 0 Å². The predicted octanol–water partition coefficient (Wildman–Crippen LogP) is 3.60. The standard InChI is InChI=1S/C17H30N2O/c1-4-6-12-19(13-7-5-2)14-16(18)15-10-8-9-11-17(15)20-3/h8-11,16H,4-7,12-14,18H2,1-3H3. The van der Waals surface area contributed by atoms with E-state index in [0.29, 0.717) is 0 Å². The highest BCUT2D eigenvalue weighted by molar-refractivity contribution is 5.35. The van der Waals surface area contributed by atoms with E-state index >= 15 is 0 Å². The normalized spacial score (nSPS) is 12.7. The molecule has 1 aromatic rings. The summed E-state index contributed by atoms with van der Waals surface area (Å²) in [7, 11) is 1.71. The van der Waals surface area contributed by atoms with E-state index in [2.05, 4.69) is 24.8 Å². The van der Waals surface area contributed by atoms with E-state index in [1.165, 1.54) is 25.7 Å². The van der Waals surface area contributed by atoms with Gasteiger partial charge in [-0.2, -0.15) is 0 Å². The molecule has 0 aliphatic rings. The molecule has 0 heterocycles. The number of rotatable bonds is 10. The number of nitrogens with two attached hydrogens (primary N) is 1. The summed E-state index contributed by atoms with van der Waals surface area (Å²) in [6.07, 6.45) is 4.93. The number of ether oxygens (including phenoxy) is 1. The second-order valence-corrected chi connectivity index (χ2v) is 5.36. The SMILES string of the molecule is CCCCN(CCCC)CC(N)c1ccccc1OC. The van der Waals surface area contributed by atoms with Crippen molar-refractivity contribution in [1.29, 1.82) is 0 Å². The molecule has 0 bridgehead atoms. The van der Waals surface area contributed by atoms with Crippen molar-refractivity contribution in [3.63, 3.8) is 0 Å². The Hall–Kier alpha value is -1.06. The molecule has 1 rings (SSSR count). The van der Waals surface area contributed by atoms with Gasteiger partial charge in [-0.25, -0.2) is 0 Å². The highest BCUT2D eigenvalue weighted by Crippen LogP contribution is 2.24. The topological polar surface area (TPSA) is 38.5 Å². The van der Waals surface area contributed by atoms with E-state index in [-0.39, 0.29) is 6.04 Å². The number of hydrogen-bond acceptors (Lipinski definition) is 3. The summed E-state index contributed by atoms with van der Waals surface area (Å²) in [5.74, 6) is 0.894. The van der Waals surface area contributed by atoms with Crippen LogP contribution in [0.3, 0.4) is 0 Å². The Balaban J connectivity index is 2.65. The second-order valence-electron chi connectivity index (χ2n) is 5.36. The number of nitrogens with zero attached hydrogens (tertiary/aromatic N) is 1. The molecule has 0 aromatic heterocycles. The molecule has 0 fully saturated rings. The Bertz CT molecular complexity index is 360. The summed E-state index contributed by atoms with van der Waals surface area (Å²) in [5, 5.41) is 0. The third-order valence-corrected chi connectivity index (χ3v) is 3.65. The van der Waals surface area contributed by atoms with E-state index in [0.717, 1.165) is 30.9 Å². The minimum absolute atomic E-state index is 0.0138. The smallest absolute Gasteiger partial charge is 0.123 e. The number of methoxy groups -OCH3 is 1. The summed E-state index contributed by atoms with van der Waals surface area (Å²) < 4.78 is 5.41. The maximum absolute atomic E-state index is 6.39. The maximum atomic E-state index is 6.39. The van der Waals surface area contributed by atoms with Crippen LogP contribution in [-0.2, 0) is 0 Å². The van der Waals surface area contributed by atoms with Gasteiger partial charge in [0.2, 0.25) is 0 Å². The fraction of sp³-hybridized carbons (Fsp3) is 0.647. The Labute approximate surface area is 124 Å². The lowest BCUT2D eigenvalue weighted by Crippen LogP contribution is -2.34. The van der Waals surface area contributed by atoms with Crippen molar-refractivity contribution in [1.82, 2.24) is 4.90 Å². The van der Waals surface area contributed by atoms with Gasteiger partial charge in [-0.1, -0.05) is 44.9 Å². The van der Waals surface area contributed by atoms with E-state index in [1.54, 1.807) is 7.11 Å². The first-order chi connectivity index (χ1) is 9.72. The maximum Gasteiger partial charge on any atom is 0.123 e. The molecule has 20 heavy (non-hydrogen) atoms. The molecular formula is C17H30N2O. The number of unbranched alkanes of at least 4 members (excludes halogenated alkanes) is 2. The first kappa shape index (κ1) is 17.0. The Morgan fingerprint density at radius 3 is 2.25 bits per heavy atom. The number of benzene rings is 1. The summed E-state index contributed by atoms with van der Waals surface area (Å²) in [6.45, 7) is 7.65. The van der Waals surface area contributed by atoms with Gasteiger partial charge in [0.25, 0.3) is 0 Å². The van der Waals surface area contributed by atoms with Crippen LogP contribution in [0.1, 0.15) is 51.1 Å². The highest BCUT2D eigenvalue weighted by Gasteiger charge is 2.15. The Morgan fingerprint density at radius 1 is 1.10 bits per heavy atom. The van der Waals surface area contributed by atoms with Crippen LogP contribution in [0.15, 0.2) is 24.3 Å². The summed E-state index contributed by atoms with van der Waals surface area (Å²) in [5.41, 5.74) is 7.50. The van der Waals surface area contributed by atoms with Gasteiger partial charge in [-0.05, 0) is 32.0 Å². The molecular weight excluding hydrogens is 248 g/mol. The van der Waals surface area contributed by atoms with E-state index in [1.807, 2.05) is 18.2 Å². The molecule has 1 unspecified atom stereocenters. The van der Waals surface area contributed by atoms with Gasteiger partial charge in [0.15, 0.2) is 0 Å². The minimum atomic E-state index is 0.0138. The molecule has 0 saturated heterocycles. The monoisotopic (exact) mass is 278 g/mol. The summed E-state index contributed by atoms with van der Waals surface area (Å²) in [4.78, 5) is 2.49. The van der Waals surface area contributed by atoms with Crippen LogP contribution < -0.4 is 10.5 Å². The van der Waals surface area contributed by atoms with Crippen molar-refractivity contribution in [2.24, 2.45) is 5.73 Å². The number of hydrogen-bond donors (Lipinski definition) is 1. The van der Waals surface area contributed by atoms with Gasteiger partial charge in [-0.3, -0.25) is 0 Å². The molecule has 0 amide bonds. The lowest BCUT2D eigenvalue weighted by molar-refractivity contribution is 0.248. The molecule has 0 aliphatic carbocycles. The van der Waals surface area contributed by atoms with E-state index in [9.17, 15) is 0 Å². The van der Waals surface area contributed by atoms with Crippen molar-refractivity contribution in [3.8, 4) is 5.75 Å². The van der Waals surface area contributed by atoms with Crippen LogP contribution in [0.4, 0.5) is 0 Å². The van der Waals surface area contributed by atoms with Gasteiger partial charge in [0.05, 0.1) is 7.11 Å². The molecule has 0 aliphatic heterocycles. The van der Waals surface area contributed by atoms with Gasteiger partial charge in [0, 0.05) is 18.2 Å². The van der Waals surface area contributed by atoms with Crippen molar-refractivity contribution in [3.05, 3.63) is 29.8 Å². The van der Waals surface area contributed by atoms with Crippen molar-refractivity contribution < 1.29 is 4.74 Å². The fourth-order valence-electron chi connectivity index (χ4n) is 2.41. The molecule has 3 nitrogen and oxygen atoms in total. The van der Waals surface area contributed by atoms with E-state index in [4.69, 9.17) is 10.5 Å². The second kappa shape index (κ2) is 9.78. The Kier molecular flexibility index (Phi) is 8.31. The highest BCUT2D eigenvalue weighted by atomic mass is 16.5. The van der Waals surface area contributed by atoms with Crippen molar-refractivity contribution >= 4 is 0 Å². The Morgan fingerprint density at radius 2 is 1.70 bits per heavy atom. The molecule has 1 aromatic carbocycles. The lowest BCUT2D eigenvalue weighted by Gasteiger charge is -2.26. The third-order valence-electron chi connectivity index (χ3n) is 3.65.